The van der Waals surface area contributed by atoms with E-state index in [1.165, 1.54) is 26.8 Å². The lowest BCUT2D eigenvalue weighted by Gasteiger charge is -2.21. The fourth-order valence-corrected chi connectivity index (χ4v) is 4.93. The van der Waals surface area contributed by atoms with Crippen molar-refractivity contribution in [3.63, 3.8) is 0 Å². The molecule has 0 bridgehead atoms. The van der Waals surface area contributed by atoms with E-state index < -0.39 is 10.0 Å². The molecule has 2 aromatic rings. The molecule has 1 aromatic heterocycles. The normalized spacial score (nSPS) is 11.5. The monoisotopic (exact) mass is 454 g/mol. The number of hydrogen-bond donors (Lipinski definition) is 1. The molecular weight excluding hydrogens is 428 g/mol. The first kappa shape index (κ1) is 23.8. The molecule has 30 heavy (non-hydrogen) atoms. The van der Waals surface area contributed by atoms with Crippen LogP contribution in [0.25, 0.3) is 0 Å². The summed E-state index contributed by atoms with van der Waals surface area (Å²) in [4.78, 5) is 12.4. The standard InChI is InChI=1S/C18H26N6O4S2/c1-5-11-24-18(20-21-22-24)29-13-17(25)19-14-9-10-15(28-8-4)16(12-14)30(26,27)23(6-2)7-3/h5,9-10,12H,1,6-8,11,13H2,2-4H3,(H,19,25). The molecule has 1 N–H and O–H groups in total. The van der Waals surface area contributed by atoms with E-state index in [-0.39, 0.29) is 22.3 Å². The third kappa shape index (κ3) is 5.80. The Labute approximate surface area is 180 Å². The van der Waals surface area contributed by atoms with Crippen molar-refractivity contribution in [2.45, 2.75) is 37.4 Å². The molecule has 0 aliphatic carbocycles. The number of rotatable bonds is 12. The van der Waals surface area contributed by atoms with Crippen molar-refractivity contribution in [2.75, 3.05) is 30.8 Å². The molecular formula is C18H26N6O4S2. The van der Waals surface area contributed by atoms with Crippen LogP contribution in [0.4, 0.5) is 5.69 Å². The van der Waals surface area contributed by atoms with Gasteiger partial charge in [-0.2, -0.15) is 4.31 Å². The number of aromatic nitrogens is 4. The Kier molecular flexibility index (Phi) is 8.81. The molecule has 164 valence electrons. The van der Waals surface area contributed by atoms with Crippen molar-refractivity contribution in [3.8, 4) is 5.75 Å². The summed E-state index contributed by atoms with van der Waals surface area (Å²) in [6.07, 6.45) is 1.65. The fourth-order valence-electron chi connectivity index (χ4n) is 2.63. The smallest absolute Gasteiger partial charge is 0.246 e. The van der Waals surface area contributed by atoms with Crippen LogP contribution in [0.3, 0.4) is 0 Å². The van der Waals surface area contributed by atoms with Crippen LogP contribution in [0.1, 0.15) is 20.8 Å². The Balaban J connectivity index is 2.18. The first-order chi connectivity index (χ1) is 14.4. The van der Waals surface area contributed by atoms with Gasteiger partial charge in [0.05, 0.1) is 18.9 Å². The van der Waals surface area contributed by atoms with E-state index in [0.717, 1.165) is 0 Å². The molecule has 1 amide bonds. The second kappa shape index (κ2) is 11.1. The van der Waals surface area contributed by atoms with Gasteiger partial charge in [-0.15, -0.1) is 11.7 Å². The maximum absolute atomic E-state index is 13.0. The summed E-state index contributed by atoms with van der Waals surface area (Å²) >= 11 is 1.17. The predicted octanol–water partition coefficient (Wildman–Crippen LogP) is 2.02. The third-order valence-electron chi connectivity index (χ3n) is 3.98. The molecule has 0 radical (unpaired) electrons. The highest BCUT2D eigenvalue weighted by molar-refractivity contribution is 7.99. The third-order valence-corrected chi connectivity index (χ3v) is 7.01. The summed E-state index contributed by atoms with van der Waals surface area (Å²) in [7, 11) is -3.76. The summed E-state index contributed by atoms with van der Waals surface area (Å²) in [6, 6.07) is 4.58. The van der Waals surface area contributed by atoms with Crippen molar-refractivity contribution in [3.05, 3.63) is 30.9 Å². The summed E-state index contributed by atoms with van der Waals surface area (Å²) in [5, 5.41) is 14.5. The van der Waals surface area contributed by atoms with Crippen LogP contribution in [-0.4, -0.2) is 64.3 Å². The maximum Gasteiger partial charge on any atom is 0.246 e. The molecule has 2 rings (SSSR count). The first-order valence-corrected chi connectivity index (χ1v) is 11.9. The Morgan fingerprint density at radius 1 is 1.33 bits per heavy atom. The van der Waals surface area contributed by atoms with Gasteiger partial charge in [0.25, 0.3) is 0 Å². The molecule has 12 heteroatoms. The molecule has 0 aliphatic heterocycles. The Morgan fingerprint density at radius 3 is 2.70 bits per heavy atom. The average Bonchev–Trinajstić information content (AvgIpc) is 3.16. The van der Waals surface area contributed by atoms with Gasteiger partial charge in [0.1, 0.15) is 10.6 Å². The second-order valence-electron chi connectivity index (χ2n) is 5.95. The highest BCUT2D eigenvalue weighted by atomic mass is 32.2. The summed E-state index contributed by atoms with van der Waals surface area (Å²) < 4.78 is 34.4. The number of anilines is 1. The molecule has 1 aromatic carbocycles. The molecule has 0 spiro atoms. The molecule has 0 saturated heterocycles. The number of sulfonamides is 1. The number of carbonyl (C=O) groups is 1. The van der Waals surface area contributed by atoms with E-state index in [1.807, 2.05) is 0 Å². The number of nitrogens with zero attached hydrogens (tertiary/aromatic N) is 5. The van der Waals surface area contributed by atoms with E-state index in [0.29, 0.717) is 37.1 Å². The number of amides is 1. The average molecular weight is 455 g/mol. The Hall–Kier alpha value is -2.44. The van der Waals surface area contributed by atoms with Gasteiger partial charge in [-0.1, -0.05) is 31.7 Å². The van der Waals surface area contributed by atoms with Crippen LogP contribution in [0.5, 0.6) is 5.75 Å². The molecule has 0 unspecified atom stereocenters. The van der Waals surface area contributed by atoms with Crippen molar-refractivity contribution < 1.29 is 17.9 Å². The van der Waals surface area contributed by atoms with Gasteiger partial charge in [-0.25, -0.2) is 13.1 Å². The van der Waals surface area contributed by atoms with E-state index in [9.17, 15) is 13.2 Å². The van der Waals surface area contributed by atoms with Crippen LogP contribution in [0.2, 0.25) is 0 Å². The van der Waals surface area contributed by atoms with E-state index in [2.05, 4.69) is 27.4 Å². The lowest BCUT2D eigenvalue weighted by molar-refractivity contribution is -0.113. The van der Waals surface area contributed by atoms with Gasteiger partial charge < -0.3 is 10.1 Å². The molecule has 0 saturated carbocycles. The number of nitrogens with one attached hydrogen (secondary N) is 1. The van der Waals surface area contributed by atoms with Crippen LogP contribution >= 0.6 is 11.8 Å². The fraction of sp³-hybridized carbons (Fsp3) is 0.444. The minimum Gasteiger partial charge on any atom is -0.492 e. The second-order valence-corrected chi connectivity index (χ2v) is 8.80. The minimum absolute atomic E-state index is 0.0217. The van der Waals surface area contributed by atoms with Gasteiger partial charge in [-0.05, 0) is 35.5 Å². The Morgan fingerprint density at radius 2 is 2.07 bits per heavy atom. The topological polar surface area (TPSA) is 119 Å². The van der Waals surface area contributed by atoms with Gasteiger partial charge in [0, 0.05) is 18.8 Å². The van der Waals surface area contributed by atoms with Crippen molar-refractivity contribution in [1.82, 2.24) is 24.5 Å². The number of thioether (sulfide) groups is 1. The molecule has 0 aliphatic rings. The van der Waals surface area contributed by atoms with E-state index in [4.69, 9.17) is 4.74 Å². The zero-order chi connectivity index (χ0) is 22.1. The van der Waals surface area contributed by atoms with Gasteiger partial charge >= 0.3 is 0 Å². The van der Waals surface area contributed by atoms with Gasteiger partial charge in [-0.3, -0.25) is 4.79 Å². The number of benzene rings is 1. The predicted molar refractivity (Wildman–Crippen MR) is 115 cm³/mol. The highest BCUT2D eigenvalue weighted by Crippen LogP contribution is 2.30. The summed E-state index contributed by atoms with van der Waals surface area (Å²) in [5.74, 6) is -0.00747. The van der Waals surface area contributed by atoms with Crippen LogP contribution < -0.4 is 10.1 Å². The van der Waals surface area contributed by atoms with Crippen molar-refractivity contribution >= 4 is 33.4 Å². The van der Waals surface area contributed by atoms with Crippen molar-refractivity contribution in [2.24, 2.45) is 0 Å². The largest absolute Gasteiger partial charge is 0.492 e. The molecule has 1 heterocycles. The quantitative estimate of drug-likeness (QED) is 0.382. The SMILES string of the molecule is C=CCn1nnnc1SCC(=O)Nc1ccc(OCC)c(S(=O)(=O)N(CC)CC)c1. The zero-order valence-electron chi connectivity index (χ0n) is 17.2. The zero-order valence-corrected chi connectivity index (χ0v) is 18.9. The van der Waals surface area contributed by atoms with Gasteiger partial charge in [0.15, 0.2) is 0 Å². The molecule has 10 nitrogen and oxygen atoms in total. The van der Waals surface area contributed by atoms with E-state index in [1.54, 1.807) is 39.0 Å². The first-order valence-electron chi connectivity index (χ1n) is 9.44. The lowest BCUT2D eigenvalue weighted by Crippen LogP contribution is -2.31. The number of hydrogen-bond acceptors (Lipinski definition) is 8. The highest BCUT2D eigenvalue weighted by Gasteiger charge is 2.26. The lowest BCUT2D eigenvalue weighted by atomic mass is 10.3. The Bertz CT molecular complexity index is 973. The van der Waals surface area contributed by atoms with E-state index >= 15 is 0 Å². The summed E-state index contributed by atoms with van der Waals surface area (Å²) in [6.45, 7) is 10.4. The molecule has 0 fully saturated rings. The molecule has 0 atom stereocenters. The summed E-state index contributed by atoms with van der Waals surface area (Å²) in [5.41, 5.74) is 0.362. The minimum atomic E-state index is -3.76. The van der Waals surface area contributed by atoms with Crippen LogP contribution in [-0.2, 0) is 21.4 Å². The van der Waals surface area contributed by atoms with Crippen LogP contribution in [0, 0.1) is 0 Å². The number of carbonyl (C=O) groups excluding carboxylic acids is 1. The number of ether oxygens (including phenoxy) is 1. The number of tetrazole rings is 1. The number of allylic oxidation sites excluding steroid dienone is 1. The maximum atomic E-state index is 13.0. The van der Waals surface area contributed by atoms with Crippen LogP contribution in [0.15, 0.2) is 40.9 Å². The van der Waals surface area contributed by atoms with Gasteiger partial charge in [0.2, 0.25) is 21.1 Å². The van der Waals surface area contributed by atoms with Crippen molar-refractivity contribution in [1.29, 1.82) is 0 Å².